The van der Waals surface area contributed by atoms with Crippen LogP contribution in [0.5, 0.6) is 0 Å². The number of hydrogen-bond acceptors (Lipinski definition) is 4. The number of carbonyl (C=O) groups excluding carboxylic acids is 2. The quantitative estimate of drug-likeness (QED) is 0.689. The maximum Gasteiger partial charge on any atom is 0.325 e. The number of hydrogen-bond donors (Lipinski definition) is 1. The van der Waals surface area contributed by atoms with E-state index in [2.05, 4.69) is 0 Å². The monoisotopic (exact) mass is 245 g/mol. The molecule has 0 bridgehead atoms. The molecule has 0 saturated carbocycles. The van der Waals surface area contributed by atoms with Crippen molar-refractivity contribution in [1.29, 1.82) is 0 Å². The molecule has 0 aromatic carbocycles. The van der Waals surface area contributed by atoms with Gasteiger partial charge in [-0.05, 0) is 20.8 Å². The number of rotatable bonds is 6. The number of carboxylic acid groups (broad SMARTS) is 1. The van der Waals surface area contributed by atoms with Crippen LogP contribution in [-0.2, 0) is 19.1 Å². The number of likely N-dealkylation sites (N-methyl/N-ethyl adjacent to an activating group) is 1. The summed E-state index contributed by atoms with van der Waals surface area (Å²) >= 11 is 0. The number of nitrogens with zero attached hydrogens (tertiary/aromatic N) is 1. The van der Waals surface area contributed by atoms with Crippen molar-refractivity contribution in [3.05, 3.63) is 0 Å². The summed E-state index contributed by atoms with van der Waals surface area (Å²) in [6.45, 7) is 4.69. The molecule has 0 heterocycles. The van der Waals surface area contributed by atoms with Gasteiger partial charge in [0.25, 0.3) is 0 Å². The molecule has 0 spiro atoms. The molecule has 6 nitrogen and oxygen atoms in total. The van der Waals surface area contributed by atoms with E-state index in [9.17, 15) is 14.4 Å². The number of amides is 1. The number of carbonyl (C=O) groups is 3. The molecule has 0 fully saturated rings. The second kappa shape index (κ2) is 6.22. The van der Waals surface area contributed by atoms with Crippen LogP contribution in [0.25, 0.3) is 0 Å². The third-order valence-electron chi connectivity index (χ3n) is 2.27. The molecular formula is C11H19NO5. The summed E-state index contributed by atoms with van der Waals surface area (Å²) in [6.07, 6.45) is -0.155. The van der Waals surface area contributed by atoms with Gasteiger partial charge in [0.2, 0.25) is 5.91 Å². The van der Waals surface area contributed by atoms with E-state index >= 15 is 0 Å². The van der Waals surface area contributed by atoms with E-state index < -0.39 is 23.3 Å². The van der Waals surface area contributed by atoms with Crippen molar-refractivity contribution in [3.63, 3.8) is 0 Å². The predicted octanol–water partition coefficient (Wildman–Crippen LogP) is 0.509. The first kappa shape index (κ1) is 15.4. The lowest BCUT2D eigenvalue weighted by Crippen LogP contribution is -2.37. The molecule has 17 heavy (non-hydrogen) atoms. The number of ether oxygens (including phenoxy) is 1. The Hall–Kier alpha value is -1.59. The van der Waals surface area contributed by atoms with Gasteiger partial charge < -0.3 is 14.7 Å². The van der Waals surface area contributed by atoms with E-state index in [0.717, 1.165) is 0 Å². The Morgan fingerprint density at radius 2 is 1.82 bits per heavy atom. The van der Waals surface area contributed by atoms with E-state index in [4.69, 9.17) is 9.84 Å². The zero-order valence-electron chi connectivity index (χ0n) is 10.6. The van der Waals surface area contributed by atoms with Gasteiger partial charge in [0.05, 0.1) is 12.0 Å². The smallest absolute Gasteiger partial charge is 0.325 e. The molecule has 1 amide bonds. The second-order valence-electron chi connectivity index (χ2n) is 4.42. The minimum atomic E-state index is -1.14. The molecule has 0 aliphatic heterocycles. The zero-order chi connectivity index (χ0) is 13.6. The minimum absolute atomic E-state index is 0.155. The van der Waals surface area contributed by atoms with Gasteiger partial charge in [0, 0.05) is 13.5 Å². The Morgan fingerprint density at radius 3 is 2.24 bits per heavy atom. The topological polar surface area (TPSA) is 83.9 Å². The average molecular weight is 245 g/mol. The first-order chi connectivity index (χ1) is 7.70. The van der Waals surface area contributed by atoms with Gasteiger partial charge in [-0.25, -0.2) is 0 Å². The van der Waals surface area contributed by atoms with Crippen molar-refractivity contribution in [1.82, 2.24) is 4.90 Å². The SMILES string of the molecule is CCOC(=O)CN(C)C(=O)CC(C)(C)C(=O)O. The van der Waals surface area contributed by atoms with Crippen molar-refractivity contribution < 1.29 is 24.2 Å². The van der Waals surface area contributed by atoms with Gasteiger partial charge in [0.15, 0.2) is 0 Å². The largest absolute Gasteiger partial charge is 0.481 e. The molecule has 98 valence electrons. The molecule has 0 aromatic rings. The third kappa shape index (κ3) is 5.33. The van der Waals surface area contributed by atoms with Crippen molar-refractivity contribution in [3.8, 4) is 0 Å². The molecule has 6 heteroatoms. The highest BCUT2D eigenvalue weighted by Crippen LogP contribution is 2.21. The summed E-state index contributed by atoms with van der Waals surface area (Å²) in [5.74, 6) is -1.95. The highest BCUT2D eigenvalue weighted by Gasteiger charge is 2.31. The third-order valence-corrected chi connectivity index (χ3v) is 2.27. The van der Waals surface area contributed by atoms with Gasteiger partial charge in [-0.3, -0.25) is 14.4 Å². The average Bonchev–Trinajstić information content (AvgIpc) is 2.16. The van der Waals surface area contributed by atoms with Crippen molar-refractivity contribution in [2.45, 2.75) is 27.2 Å². The lowest BCUT2D eigenvalue weighted by Gasteiger charge is -2.22. The lowest BCUT2D eigenvalue weighted by atomic mass is 9.89. The maximum absolute atomic E-state index is 11.7. The van der Waals surface area contributed by atoms with Gasteiger partial charge >= 0.3 is 11.9 Å². The molecule has 0 aromatic heterocycles. The van der Waals surface area contributed by atoms with Crippen LogP contribution in [0.1, 0.15) is 27.2 Å². The van der Waals surface area contributed by atoms with Crippen LogP contribution < -0.4 is 0 Å². The van der Waals surface area contributed by atoms with Gasteiger partial charge in [-0.15, -0.1) is 0 Å². The first-order valence-electron chi connectivity index (χ1n) is 5.33. The Kier molecular flexibility index (Phi) is 5.64. The fourth-order valence-electron chi connectivity index (χ4n) is 1.08. The molecule has 0 aliphatic rings. The highest BCUT2D eigenvalue weighted by atomic mass is 16.5. The molecule has 0 aliphatic carbocycles. The van der Waals surface area contributed by atoms with Crippen molar-refractivity contribution in [2.75, 3.05) is 20.2 Å². The summed E-state index contributed by atoms with van der Waals surface area (Å²) in [5, 5.41) is 8.88. The number of carboxylic acids is 1. The molecule has 0 radical (unpaired) electrons. The van der Waals surface area contributed by atoms with Crippen LogP contribution in [0, 0.1) is 5.41 Å². The van der Waals surface area contributed by atoms with Crippen LogP contribution in [-0.4, -0.2) is 48.1 Å². The Morgan fingerprint density at radius 1 is 1.29 bits per heavy atom. The van der Waals surface area contributed by atoms with Crippen LogP contribution in [0.2, 0.25) is 0 Å². The molecule has 0 atom stereocenters. The van der Waals surface area contributed by atoms with E-state index in [1.165, 1.54) is 25.8 Å². The Bertz CT molecular complexity index is 311. The molecular weight excluding hydrogens is 226 g/mol. The van der Waals surface area contributed by atoms with Crippen LogP contribution in [0.15, 0.2) is 0 Å². The first-order valence-corrected chi connectivity index (χ1v) is 5.33. The normalized spacial score (nSPS) is 10.8. The Balaban J connectivity index is 4.33. The van der Waals surface area contributed by atoms with E-state index in [0.29, 0.717) is 0 Å². The van der Waals surface area contributed by atoms with Crippen LogP contribution in [0.4, 0.5) is 0 Å². The van der Waals surface area contributed by atoms with Gasteiger partial charge in [-0.1, -0.05) is 0 Å². The summed E-state index contributed by atoms with van der Waals surface area (Å²) in [5.41, 5.74) is -1.14. The number of aliphatic carboxylic acids is 1. The maximum atomic E-state index is 11.7. The highest BCUT2D eigenvalue weighted by molar-refractivity contribution is 5.86. The summed E-state index contributed by atoms with van der Waals surface area (Å²) in [6, 6.07) is 0. The number of esters is 1. The van der Waals surface area contributed by atoms with E-state index in [1.54, 1.807) is 6.92 Å². The summed E-state index contributed by atoms with van der Waals surface area (Å²) in [4.78, 5) is 34.8. The molecule has 1 N–H and O–H groups in total. The lowest BCUT2D eigenvalue weighted by molar-refractivity contribution is -0.153. The summed E-state index contributed by atoms with van der Waals surface area (Å²) < 4.78 is 4.69. The standard InChI is InChI=1S/C11H19NO5/c1-5-17-9(14)7-12(4)8(13)6-11(2,3)10(15)16/h5-7H2,1-4H3,(H,15,16). The van der Waals surface area contributed by atoms with E-state index in [1.807, 2.05) is 0 Å². The molecule has 0 rings (SSSR count). The van der Waals surface area contributed by atoms with Gasteiger partial charge in [0.1, 0.15) is 6.54 Å². The molecule has 0 saturated heterocycles. The predicted molar refractivity (Wildman–Crippen MR) is 60.3 cm³/mol. The second-order valence-corrected chi connectivity index (χ2v) is 4.42. The fraction of sp³-hybridized carbons (Fsp3) is 0.727. The Labute approximate surface area is 101 Å². The van der Waals surface area contributed by atoms with Crippen molar-refractivity contribution >= 4 is 17.8 Å². The zero-order valence-corrected chi connectivity index (χ0v) is 10.6. The van der Waals surface area contributed by atoms with Crippen molar-refractivity contribution in [2.24, 2.45) is 5.41 Å². The fourth-order valence-corrected chi connectivity index (χ4v) is 1.08. The van der Waals surface area contributed by atoms with Crippen LogP contribution in [0.3, 0.4) is 0 Å². The van der Waals surface area contributed by atoms with Gasteiger partial charge in [-0.2, -0.15) is 0 Å². The van der Waals surface area contributed by atoms with Crippen LogP contribution >= 0.6 is 0 Å². The summed E-state index contributed by atoms with van der Waals surface area (Å²) in [7, 11) is 1.44. The van der Waals surface area contributed by atoms with E-state index in [-0.39, 0.29) is 19.6 Å². The minimum Gasteiger partial charge on any atom is -0.481 e. The molecule has 0 unspecified atom stereocenters.